The molecule has 2 N–H and O–H groups in total. The van der Waals surface area contributed by atoms with Crippen LogP contribution in [0.15, 0.2) is 57.9 Å². The van der Waals surface area contributed by atoms with E-state index in [0.717, 1.165) is 42.7 Å². The number of aromatic hydroxyl groups is 1. The predicted molar refractivity (Wildman–Crippen MR) is 156 cm³/mol. The minimum atomic E-state index is -0.225. The summed E-state index contributed by atoms with van der Waals surface area (Å²) in [5, 5.41) is 14.1. The highest BCUT2D eigenvalue weighted by Crippen LogP contribution is 2.37. The van der Waals surface area contributed by atoms with Crippen molar-refractivity contribution in [1.82, 2.24) is 4.98 Å². The van der Waals surface area contributed by atoms with Gasteiger partial charge in [-0.25, -0.2) is 0 Å². The third kappa shape index (κ3) is 5.13. The van der Waals surface area contributed by atoms with E-state index < -0.39 is 0 Å². The van der Waals surface area contributed by atoms with E-state index in [0.29, 0.717) is 40.0 Å². The zero-order valence-electron chi connectivity index (χ0n) is 23.2. The topological polar surface area (TPSA) is 95.7 Å². The smallest absolute Gasteiger partial charge is 0.202 e. The molecule has 202 valence electrons. The van der Waals surface area contributed by atoms with Gasteiger partial charge in [-0.2, -0.15) is 0 Å². The number of aromatic nitrogens is 1. The van der Waals surface area contributed by atoms with Crippen molar-refractivity contribution < 1.29 is 14.3 Å². The SMILES string of the molecule is Cc1cc(C(C)Nc2cccnc2-c2ccc(O)c(C=O)c2)c2oc(N3CCC(C)(C)CC3)c(C)c(=O)c2c1. The van der Waals surface area contributed by atoms with E-state index in [1.54, 1.807) is 18.3 Å². The van der Waals surface area contributed by atoms with Crippen molar-refractivity contribution >= 4 is 28.8 Å². The molecular weight excluding hydrogens is 490 g/mol. The van der Waals surface area contributed by atoms with Crippen molar-refractivity contribution in [3.63, 3.8) is 0 Å². The first-order chi connectivity index (χ1) is 18.6. The maximum absolute atomic E-state index is 13.6. The van der Waals surface area contributed by atoms with Crippen LogP contribution in [0.4, 0.5) is 11.6 Å². The van der Waals surface area contributed by atoms with Gasteiger partial charge in [-0.05, 0) is 81.0 Å². The number of rotatable bonds is 6. The number of fused-ring (bicyclic) bond motifs is 1. The fraction of sp³-hybridized carbons (Fsp3) is 0.344. The third-order valence-corrected chi connectivity index (χ3v) is 7.85. The zero-order chi connectivity index (χ0) is 27.9. The van der Waals surface area contributed by atoms with Crippen molar-refractivity contribution in [2.75, 3.05) is 23.3 Å². The molecule has 1 unspecified atom stereocenters. The Labute approximate surface area is 228 Å². The summed E-state index contributed by atoms with van der Waals surface area (Å²) in [5.74, 6) is 0.588. The maximum Gasteiger partial charge on any atom is 0.202 e. The highest BCUT2D eigenvalue weighted by Gasteiger charge is 2.29. The number of nitrogens with zero attached hydrogens (tertiary/aromatic N) is 2. The molecule has 5 rings (SSSR count). The van der Waals surface area contributed by atoms with Gasteiger partial charge >= 0.3 is 0 Å². The van der Waals surface area contributed by atoms with E-state index in [9.17, 15) is 14.7 Å². The first kappa shape index (κ1) is 26.5. The Kier molecular flexibility index (Phi) is 6.93. The molecule has 1 saturated heterocycles. The van der Waals surface area contributed by atoms with E-state index in [4.69, 9.17) is 4.42 Å². The van der Waals surface area contributed by atoms with Gasteiger partial charge in [0.25, 0.3) is 0 Å². The van der Waals surface area contributed by atoms with Crippen LogP contribution in [-0.2, 0) is 0 Å². The lowest BCUT2D eigenvalue weighted by atomic mass is 9.82. The first-order valence-electron chi connectivity index (χ1n) is 13.4. The number of pyridine rings is 1. The Morgan fingerprint density at radius 1 is 1.13 bits per heavy atom. The summed E-state index contributed by atoms with van der Waals surface area (Å²) in [7, 11) is 0. The number of phenolic OH excluding ortho intramolecular Hbond substituents is 1. The third-order valence-electron chi connectivity index (χ3n) is 7.85. The Hall–Kier alpha value is -4.13. The summed E-state index contributed by atoms with van der Waals surface area (Å²) < 4.78 is 6.59. The van der Waals surface area contributed by atoms with Crippen molar-refractivity contribution in [2.24, 2.45) is 5.41 Å². The molecule has 4 aromatic rings. The van der Waals surface area contributed by atoms with Gasteiger partial charge in [-0.15, -0.1) is 0 Å². The van der Waals surface area contributed by atoms with Gasteiger partial charge in [0.2, 0.25) is 5.88 Å². The van der Waals surface area contributed by atoms with Gasteiger partial charge < -0.3 is 19.7 Å². The van der Waals surface area contributed by atoms with E-state index in [2.05, 4.69) is 35.1 Å². The van der Waals surface area contributed by atoms with Crippen LogP contribution in [0.1, 0.15) is 66.7 Å². The molecule has 1 atom stereocenters. The molecule has 3 heterocycles. The summed E-state index contributed by atoms with van der Waals surface area (Å²) in [5.41, 5.74) is 5.70. The number of hydrogen-bond donors (Lipinski definition) is 2. The number of carbonyl (C=O) groups excluding carboxylic acids is 1. The zero-order valence-corrected chi connectivity index (χ0v) is 23.2. The van der Waals surface area contributed by atoms with Crippen molar-refractivity contribution in [3.8, 4) is 17.0 Å². The fourth-order valence-corrected chi connectivity index (χ4v) is 5.35. The van der Waals surface area contributed by atoms with Gasteiger partial charge in [0.15, 0.2) is 11.7 Å². The molecular formula is C32H35N3O4. The van der Waals surface area contributed by atoms with Gasteiger partial charge in [-0.3, -0.25) is 14.6 Å². The number of carbonyl (C=O) groups is 1. The van der Waals surface area contributed by atoms with Crippen molar-refractivity contribution in [1.29, 1.82) is 0 Å². The Morgan fingerprint density at radius 2 is 1.87 bits per heavy atom. The molecule has 2 aromatic heterocycles. The number of benzene rings is 2. The Morgan fingerprint density at radius 3 is 2.59 bits per heavy atom. The molecule has 0 aliphatic carbocycles. The number of hydrogen-bond acceptors (Lipinski definition) is 7. The van der Waals surface area contributed by atoms with Crippen molar-refractivity contribution in [3.05, 3.63) is 81.1 Å². The molecule has 0 radical (unpaired) electrons. The van der Waals surface area contributed by atoms with Gasteiger partial charge in [-0.1, -0.05) is 19.9 Å². The number of nitrogens with one attached hydrogen (secondary N) is 1. The second-order valence-corrected chi connectivity index (χ2v) is 11.4. The highest BCUT2D eigenvalue weighted by atomic mass is 16.4. The van der Waals surface area contributed by atoms with Crippen LogP contribution in [0.25, 0.3) is 22.2 Å². The second-order valence-electron chi connectivity index (χ2n) is 11.4. The minimum absolute atomic E-state index is 0.000728. The Balaban J connectivity index is 1.56. The van der Waals surface area contributed by atoms with Crippen LogP contribution in [0, 0.1) is 19.3 Å². The summed E-state index contributed by atoms with van der Waals surface area (Å²) in [6, 6.07) is 12.3. The van der Waals surface area contributed by atoms with E-state index >= 15 is 0 Å². The normalized spacial score (nSPS) is 15.8. The highest BCUT2D eigenvalue weighted by molar-refractivity contribution is 5.86. The first-order valence-corrected chi connectivity index (χ1v) is 13.4. The van der Waals surface area contributed by atoms with E-state index in [1.807, 2.05) is 39.0 Å². The molecule has 2 aromatic carbocycles. The van der Waals surface area contributed by atoms with Crippen LogP contribution in [-0.4, -0.2) is 29.5 Å². The Bertz CT molecular complexity index is 1610. The molecule has 1 aliphatic heterocycles. The number of phenols is 1. The standard InChI is InChI=1S/C32H35N3O4/c1-19-15-24(21(3)34-26-7-6-12-33-28(26)22-8-9-27(37)23(17-22)18-36)30-25(16-19)29(38)20(2)31(39-30)35-13-10-32(4,5)11-14-35/h6-9,12,15-18,21,34,37H,10-11,13-14H2,1-5H3. The van der Waals surface area contributed by atoms with Crippen molar-refractivity contribution in [2.45, 2.75) is 53.5 Å². The molecule has 7 heteroatoms. The van der Waals surface area contributed by atoms with Crippen LogP contribution in [0.5, 0.6) is 5.75 Å². The lowest BCUT2D eigenvalue weighted by Gasteiger charge is -2.37. The molecule has 0 bridgehead atoms. The maximum atomic E-state index is 13.6. The fourth-order valence-electron chi connectivity index (χ4n) is 5.35. The quantitative estimate of drug-likeness (QED) is 0.268. The monoisotopic (exact) mass is 525 g/mol. The average molecular weight is 526 g/mol. The largest absolute Gasteiger partial charge is 0.507 e. The minimum Gasteiger partial charge on any atom is -0.507 e. The lowest BCUT2D eigenvalue weighted by molar-refractivity contribution is 0.112. The van der Waals surface area contributed by atoms with Crippen LogP contribution in [0.3, 0.4) is 0 Å². The molecule has 0 saturated carbocycles. The summed E-state index contributed by atoms with van der Waals surface area (Å²) in [6.07, 6.45) is 4.40. The second kappa shape index (κ2) is 10.2. The predicted octanol–water partition coefficient (Wildman–Crippen LogP) is 6.79. The number of piperidine rings is 1. The molecule has 1 fully saturated rings. The van der Waals surface area contributed by atoms with E-state index in [-0.39, 0.29) is 28.2 Å². The molecule has 0 amide bonds. The van der Waals surface area contributed by atoms with Gasteiger partial charge in [0, 0.05) is 30.4 Å². The number of anilines is 2. The van der Waals surface area contributed by atoms with Crippen LogP contribution in [0.2, 0.25) is 0 Å². The average Bonchev–Trinajstić information content (AvgIpc) is 2.91. The molecule has 0 spiro atoms. The molecule has 1 aliphatic rings. The number of aryl methyl sites for hydroxylation is 1. The summed E-state index contributed by atoms with van der Waals surface area (Å²) in [4.78, 5) is 31.7. The van der Waals surface area contributed by atoms with E-state index in [1.165, 1.54) is 6.07 Å². The molecule has 7 nitrogen and oxygen atoms in total. The molecule has 39 heavy (non-hydrogen) atoms. The van der Waals surface area contributed by atoms with Gasteiger partial charge in [0.1, 0.15) is 11.3 Å². The summed E-state index contributed by atoms with van der Waals surface area (Å²) in [6.45, 7) is 12.1. The lowest BCUT2D eigenvalue weighted by Crippen LogP contribution is -2.38. The number of aldehydes is 1. The van der Waals surface area contributed by atoms with Crippen LogP contribution < -0.4 is 15.6 Å². The summed E-state index contributed by atoms with van der Waals surface area (Å²) >= 11 is 0. The van der Waals surface area contributed by atoms with Crippen LogP contribution >= 0.6 is 0 Å². The van der Waals surface area contributed by atoms with Gasteiger partial charge in [0.05, 0.1) is 33.9 Å².